The predicted molar refractivity (Wildman–Crippen MR) is 63.1 cm³/mol. The highest BCUT2D eigenvalue weighted by atomic mass is 32.1. The van der Waals surface area contributed by atoms with Crippen molar-refractivity contribution in [1.82, 2.24) is 10.3 Å². The highest BCUT2D eigenvalue weighted by molar-refractivity contribution is 7.14. The Morgan fingerprint density at radius 1 is 1.75 bits per heavy atom. The van der Waals surface area contributed by atoms with Crippen molar-refractivity contribution in [1.29, 1.82) is 0 Å². The van der Waals surface area contributed by atoms with Gasteiger partial charge in [-0.2, -0.15) is 0 Å². The SMILES string of the molecule is COC(=O)c1ncsc1N1CCNC(C)C1. The van der Waals surface area contributed by atoms with E-state index in [0.29, 0.717) is 11.7 Å². The van der Waals surface area contributed by atoms with Gasteiger partial charge >= 0.3 is 5.97 Å². The average molecular weight is 241 g/mol. The summed E-state index contributed by atoms with van der Waals surface area (Å²) in [7, 11) is 1.38. The number of ether oxygens (including phenoxy) is 1. The molecule has 0 aliphatic carbocycles. The summed E-state index contributed by atoms with van der Waals surface area (Å²) in [5, 5.41) is 4.28. The molecule has 1 N–H and O–H groups in total. The van der Waals surface area contributed by atoms with Crippen molar-refractivity contribution in [2.24, 2.45) is 0 Å². The summed E-state index contributed by atoms with van der Waals surface area (Å²) in [5.74, 6) is -0.359. The van der Waals surface area contributed by atoms with E-state index >= 15 is 0 Å². The molecule has 6 heteroatoms. The number of nitrogens with zero attached hydrogens (tertiary/aromatic N) is 2. The molecule has 88 valence electrons. The van der Waals surface area contributed by atoms with Gasteiger partial charge in [0, 0.05) is 25.7 Å². The van der Waals surface area contributed by atoms with Crippen LogP contribution in [-0.4, -0.2) is 43.7 Å². The van der Waals surface area contributed by atoms with E-state index in [1.54, 1.807) is 5.51 Å². The number of hydrogen-bond acceptors (Lipinski definition) is 6. The van der Waals surface area contributed by atoms with E-state index in [1.807, 2.05) is 0 Å². The first-order valence-electron chi connectivity index (χ1n) is 5.22. The fourth-order valence-electron chi connectivity index (χ4n) is 1.82. The van der Waals surface area contributed by atoms with Crippen LogP contribution >= 0.6 is 11.3 Å². The van der Waals surface area contributed by atoms with Gasteiger partial charge in [0.05, 0.1) is 12.6 Å². The van der Waals surface area contributed by atoms with Crippen LogP contribution in [-0.2, 0) is 4.74 Å². The van der Waals surface area contributed by atoms with Gasteiger partial charge in [0.15, 0.2) is 5.69 Å². The van der Waals surface area contributed by atoms with Crippen LogP contribution in [0.25, 0.3) is 0 Å². The van der Waals surface area contributed by atoms with Gasteiger partial charge in [0.2, 0.25) is 0 Å². The monoisotopic (exact) mass is 241 g/mol. The molecule has 1 saturated heterocycles. The molecular weight excluding hydrogens is 226 g/mol. The third-order valence-corrected chi connectivity index (χ3v) is 3.47. The zero-order chi connectivity index (χ0) is 11.5. The Kier molecular flexibility index (Phi) is 3.40. The Morgan fingerprint density at radius 3 is 3.25 bits per heavy atom. The Bertz CT molecular complexity index is 380. The number of thiazole rings is 1. The molecule has 1 unspecified atom stereocenters. The molecule has 0 radical (unpaired) electrons. The van der Waals surface area contributed by atoms with Crippen molar-refractivity contribution >= 4 is 22.3 Å². The second kappa shape index (κ2) is 4.80. The van der Waals surface area contributed by atoms with Gasteiger partial charge in [0.25, 0.3) is 0 Å². The first kappa shape index (κ1) is 11.3. The largest absolute Gasteiger partial charge is 0.464 e. The predicted octanol–water partition coefficient (Wildman–Crippen LogP) is 0.728. The fourth-order valence-corrected chi connectivity index (χ4v) is 2.64. The fraction of sp³-hybridized carbons (Fsp3) is 0.600. The first-order valence-corrected chi connectivity index (χ1v) is 6.10. The van der Waals surface area contributed by atoms with Crippen LogP contribution < -0.4 is 10.2 Å². The van der Waals surface area contributed by atoms with Crippen molar-refractivity contribution in [3.8, 4) is 0 Å². The standard InChI is InChI=1S/C10H15N3O2S/c1-7-5-13(4-3-11-7)9-8(10(14)15-2)12-6-16-9/h6-7,11H,3-5H2,1-2H3. The van der Waals surface area contributed by atoms with Gasteiger partial charge in [0.1, 0.15) is 5.00 Å². The lowest BCUT2D eigenvalue weighted by atomic mass is 10.2. The maximum Gasteiger partial charge on any atom is 0.359 e. The van der Waals surface area contributed by atoms with Gasteiger partial charge in [-0.15, -0.1) is 11.3 Å². The molecule has 1 fully saturated rings. The van der Waals surface area contributed by atoms with Crippen LogP contribution in [0.2, 0.25) is 0 Å². The van der Waals surface area contributed by atoms with Gasteiger partial charge < -0.3 is 15.0 Å². The molecule has 1 aromatic rings. The third-order valence-electron chi connectivity index (χ3n) is 2.58. The van der Waals surface area contributed by atoms with Crippen molar-refractivity contribution in [2.75, 3.05) is 31.6 Å². The molecule has 0 aromatic carbocycles. The Labute approximate surface area is 98.4 Å². The van der Waals surface area contributed by atoms with Gasteiger partial charge in [-0.3, -0.25) is 0 Å². The van der Waals surface area contributed by atoms with E-state index in [-0.39, 0.29) is 5.97 Å². The molecule has 1 atom stereocenters. The van der Waals surface area contributed by atoms with Gasteiger partial charge in [-0.05, 0) is 6.92 Å². The molecule has 2 heterocycles. The lowest BCUT2D eigenvalue weighted by Crippen LogP contribution is -2.49. The van der Waals surface area contributed by atoms with Crippen molar-refractivity contribution in [2.45, 2.75) is 13.0 Å². The molecule has 1 aliphatic rings. The number of esters is 1. The molecule has 16 heavy (non-hydrogen) atoms. The molecule has 1 aliphatic heterocycles. The normalized spacial score (nSPS) is 20.9. The number of piperazine rings is 1. The lowest BCUT2D eigenvalue weighted by Gasteiger charge is -2.32. The van der Waals surface area contributed by atoms with E-state index in [9.17, 15) is 4.79 Å². The minimum Gasteiger partial charge on any atom is -0.464 e. The van der Waals surface area contributed by atoms with E-state index in [1.165, 1.54) is 18.4 Å². The van der Waals surface area contributed by atoms with Crippen molar-refractivity contribution in [3.63, 3.8) is 0 Å². The summed E-state index contributed by atoms with van der Waals surface area (Å²) in [5.41, 5.74) is 2.12. The van der Waals surface area contributed by atoms with Crippen molar-refractivity contribution in [3.05, 3.63) is 11.2 Å². The molecule has 1 aromatic heterocycles. The summed E-state index contributed by atoms with van der Waals surface area (Å²) >= 11 is 1.49. The molecule has 5 nitrogen and oxygen atoms in total. The highest BCUT2D eigenvalue weighted by Crippen LogP contribution is 2.26. The number of hydrogen-bond donors (Lipinski definition) is 1. The zero-order valence-corrected chi connectivity index (χ0v) is 10.2. The molecule has 0 saturated carbocycles. The van der Waals surface area contributed by atoms with E-state index in [0.717, 1.165) is 24.6 Å². The van der Waals surface area contributed by atoms with Crippen LogP contribution in [0.15, 0.2) is 5.51 Å². The topological polar surface area (TPSA) is 54.5 Å². The lowest BCUT2D eigenvalue weighted by molar-refractivity contribution is 0.0595. The number of nitrogens with one attached hydrogen (secondary N) is 1. The van der Waals surface area contributed by atoms with Crippen molar-refractivity contribution < 1.29 is 9.53 Å². The molecule has 0 amide bonds. The summed E-state index contributed by atoms with van der Waals surface area (Å²) in [4.78, 5) is 17.8. The van der Waals surface area contributed by atoms with Crippen LogP contribution in [0.1, 0.15) is 17.4 Å². The van der Waals surface area contributed by atoms with E-state index < -0.39 is 0 Å². The summed E-state index contributed by atoms with van der Waals surface area (Å²) < 4.78 is 4.72. The Hall–Kier alpha value is -1.14. The Morgan fingerprint density at radius 2 is 2.56 bits per heavy atom. The maximum atomic E-state index is 11.5. The van der Waals surface area contributed by atoms with Crippen LogP contribution in [0.4, 0.5) is 5.00 Å². The maximum absolute atomic E-state index is 11.5. The number of rotatable bonds is 2. The first-order chi connectivity index (χ1) is 7.72. The molecular formula is C10H15N3O2S. The number of anilines is 1. The van der Waals surface area contributed by atoms with Gasteiger partial charge in [-0.25, -0.2) is 9.78 Å². The summed E-state index contributed by atoms with van der Waals surface area (Å²) in [6.45, 7) is 4.85. The minimum absolute atomic E-state index is 0.359. The quantitative estimate of drug-likeness (QED) is 0.774. The Balaban J connectivity index is 2.19. The molecule has 0 bridgehead atoms. The van der Waals surface area contributed by atoms with E-state index in [2.05, 4.69) is 22.1 Å². The summed E-state index contributed by atoms with van der Waals surface area (Å²) in [6.07, 6.45) is 0. The van der Waals surface area contributed by atoms with Crippen LogP contribution in [0.3, 0.4) is 0 Å². The third kappa shape index (κ3) is 2.17. The number of carbonyl (C=O) groups is 1. The van der Waals surface area contributed by atoms with E-state index in [4.69, 9.17) is 4.74 Å². The number of aromatic nitrogens is 1. The number of carbonyl (C=O) groups excluding carboxylic acids is 1. The van der Waals surface area contributed by atoms with Gasteiger partial charge in [-0.1, -0.05) is 0 Å². The van der Waals surface area contributed by atoms with Crippen LogP contribution in [0.5, 0.6) is 0 Å². The second-order valence-corrected chi connectivity index (χ2v) is 4.63. The minimum atomic E-state index is -0.359. The molecule has 0 spiro atoms. The smallest absolute Gasteiger partial charge is 0.359 e. The number of methoxy groups -OCH3 is 1. The highest BCUT2D eigenvalue weighted by Gasteiger charge is 2.23. The zero-order valence-electron chi connectivity index (χ0n) is 9.40. The summed E-state index contributed by atoms with van der Waals surface area (Å²) in [6, 6.07) is 0.432. The molecule has 2 rings (SSSR count). The van der Waals surface area contributed by atoms with Crippen LogP contribution in [0, 0.1) is 0 Å². The second-order valence-electron chi connectivity index (χ2n) is 3.80. The average Bonchev–Trinajstić information content (AvgIpc) is 2.77.